The second-order valence-electron chi connectivity index (χ2n) is 7.55. The second kappa shape index (κ2) is 12.3. The van der Waals surface area contributed by atoms with Gasteiger partial charge >= 0.3 is 11.9 Å². The molecule has 0 aliphatic carbocycles. The van der Waals surface area contributed by atoms with Gasteiger partial charge in [-0.3, -0.25) is 19.7 Å². The van der Waals surface area contributed by atoms with E-state index in [1.807, 2.05) is 30.3 Å². The van der Waals surface area contributed by atoms with E-state index in [4.69, 9.17) is 9.47 Å². The number of rotatable bonds is 11. The van der Waals surface area contributed by atoms with E-state index in [0.717, 1.165) is 18.4 Å². The number of esters is 2. The van der Waals surface area contributed by atoms with Gasteiger partial charge in [0.05, 0.1) is 25.7 Å². The van der Waals surface area contributed by atoms with Crippen molar-refractivity contribution in [1.29, 1.82) is 0 Å². The molecule has 0 bridgehead atoms. The Bertz CT molecular complexity index is 694. The predicted molar refractivity (Wildman–Crippen MR) is 114 cm³/mol. The molecule has 1 aliphatic rings. The van der Waals surface area contributed by atoms with Crippen LogP contribution in [0.5, 0.6) is 0 Å². The molecule has 1 fully saturated rings. The molecule has 0 spiro atoms. The Morgan fingerprint density at radius 1 is 1.13 bits per heavy atom. The van der Waals surface area contributed by atoms with Gasteiger partial charge in [0.2, 0.25) is 5.91 Å². The number of nitrogens with zero attached hydrogens (tertiary/aromatic N) is 1. The highest BCUT2D eigenvalue weighted by Crippen LogP contribution is 2.22. The van der Waals surface area contributed by atoms with E-state index in [0.29, 0.717) is 32.6 Å². The average molecular weight is 419 g/mol. The van der Waals surface area contributed by atoms with Gasteiger partial charge in [0.25, 0.3) is 0 Å². The number of ether oxygens (including phenoxy) is 2. The molecular formula is C23H34N2O5. The zero-order chi connectivity index (χ0) is 21.9. The van der Waals surface area contributed by atoms with Crippen LogP contribution in [0.1, 0.15) is 52.0 Å². The van der Waals surface area contributed by atoms with E-state index in [-0.39, 0.29) is 30.3 Å². The summed E-state index contributed by atoms with van der Waals surface area (Å²) in [6, 6.07) is 8.63. The number of benzene rings is 1. The zero-order valence-electron chi connectivity index (χ0n) is 18.3. The van der Waals surface area contributed by atoms with Crippen LogP contribution in [0.15, 0.2) is 30.3 Å². The molecule has 1 amide bonds. The van der Waals surface area contributed by atoms with Gasteiger partial charge in [0.1, 0.15) is 6.04 Å². The van der Waals surface area contributed by atoms with Crippen molar-refractivity contribution in [2.75, 3.05) is 19.8 Å². The monoisotopic (exact) mass is 418 g/mol. The van der Waals surface area contributed by atoms with Crippen LogP contribution in [-0.4, -0.2) is 60.6 Å². The van der Waals surface area contributed by atoms with E-state index < -0.39 is 12.1 Å². The highest BCUT2D eigenvalue weighted by molar-refractivity contribution is 5.84. The lowest BCUT2D eigenvalue weighted by Crippen LogP contribution is -2.52. The van der Waals surface area contributed by atoms with Crippen molar-refractivity contribution in [3.8, 4) is 0 Å². The summed E-state index contributed by atoms with van der Waals surface area (Å²) in [6.45, 7) is 6.54. The van der Waals surface area contributed by atoms with Crippen molar-refractivity contribution in [2.24, 2.45) is 0 Å². The van der Waals surface area contributed by atoms with Crippen LogP contribution in [-0.2, 0) is 30.3 Å². The van der Waals surface area contributed by atoms with Crippen molar-refractivity contribution in [3.63, 3.8) is 0 Å². The van der Waals surface area contributed by atoms with Crippen LogP contribution in [0, 0.1) is 0 Å². The number of amides is 1. The standard InChI is InChI=1S/C23H34N2O5/c1-4-29-21(26)16-19-12-9-15-25(19)22(27)17(3)24-20(23(28)30-5-2)14-13-18-10-7-6-8-11-18/h6-8,10-11,17,19-20,24H,4-5,9,12-16H2,1-3H3/t17?,19-,20-/m0/s1. The van der Waals surface area contributed by atoms with E-state index >= 15 is 0 Å². The Kier molecular flexibility index (Phi) is 9.80. The minimum atomic E-state index is -0.574. The van der Waals surface area contributed by atoms with Gasteiger partial charge in [0, 0.05) is 12.6 Å². The third kappa shape index (κ3) is 7.13. The van der Waals surface area contributed by atoms with E-state index in [1.165, 1.54) is 0 Å². The summed E-state index contributed by atoms with van der Waals surface area (Å²) in [5.74, 6) is -0.733. The summed E-state index contributed by atoms with van der Waals surface area (Å²) in [5, 5.41) is 3.17. The van der Waals surface area contributed by atoms with Gasteiger partial charge in [-0.15, -0.1) is 0 Å². The third-order valence-corrected chi connectivity index (χ3v) is 5.33. The Balaban J connectivity index is 1.98. The molecular weight excluding hydrogens is 384 g/mol. The molecule has 1 heterocycles. The Morgan fingerprint density at radius 3 is 2.50 bits per heavy atom. The largest absolute Gasteiger partial charge is 0.466 e. The van der Waals surface area contributed by atoms with Crippen molar-refractivity contribution in [3.05, 3.63) is 35.9 Å². The molecule has 0 saturated carbocycles. The maximum absolute atomic E-state index is 13.0. The molecule has 1 N–H and O–H groups in total. The number of nitrogens with one attached hydrogen (secondary N) is 1. The third-order valence-electron chi connectivity index (χ3n) is 5.33. The zero-order valence-corrected chi connectivity index (χ0v) is 18.3. The van der Waals surface area contributed by atoms with Gasteiger partial charge in [-0.2, -0.15) is 0 Å². The van der Waals surface area contributed by atoms with Gasteiger partial charge in [-0.05, 0) is 52.0 Å². The maximum Gasteiger partial charge on any atom is 0.323 e. The van der Waals surface area contributed by atoms with Gasteiger partial charge in [0.15, 0.2) is 0 Å². The summed E-state index contributed by atoms with van der Waals surface area (Å²) >= 11 is 0. The van der Waals surface area contributed by atoms with Crippen LogP contribution in [0.25, 0.3) is 0 Å². The number of carbonyl (C=O) groups is 3. The first-order valence-electron chi connectivity index (χ1n) is 10.9. The maximum atomic E-state index is 13.0. The SMILES string of the molecule is CCOC(=O)C[C@@H]1CCCN1C(=O)C(C)N[C@@H](CCc1ccccc1)C(=O)OCC. The molecule has 2 rings (SSSR count). The van der Waals surface area contributed by atoms with Crippen LogP contribution < -0.4 is 5.32 Å². The number of hydrogen-bond donors (Lipinski definition) is 1. The Labute approximate surface area is 179 Å². The topological polar surface area (TPSA) is 84.9 Å². The summed E-state index contributed by atoms with van der Waals surface area (Å²) in [7, 11) is 0. The number of likely N-dealkylation sites (tertiary alicyclic amines) is 1. The first-order chi connectivity index (χ1) is 14.5. The first-order valence-corrected chi connectivity index (χ1v) is 10.9. The molecule has 30 heavy (non-hydrogen) atoms. The van der Waals surface area contributed by atoms with Crippen molar-refractivity contribution >= 4 is 17.8 Å². The lowest BCUT2D eigenvalue weighted by atomic mass is 10.0. The lowest BCUT2D eigenvalue weighted by Gasteiger charge is -2.29. The van der Waals surface area contributed by atoms with E-state index in [1.54, 1.807) is 25.7 Å². The second-order valence-corrected chi connectivity index (χ2v) is 7.55. The number of hydrogen-bond acceptors (Lipinski definition) is 6. The molecule has 7 nitrogen and oxygen atoms in total. The van der Waals surface area contributed by atoms with Crippen molar-refractivity contribution < 1.29 is 23.9 Å². The highest BCUT2D eigenvalue weighted by atomic mass is 16.5. The smallest absolute Gasteiger partial charge is 0.323 e. The number of aryl methyl sites for hydroxylation is 1. The minimum absolute atomic E-state index is 0.101. The molecule has 0 aromatic heterocycles. The summed E-state index contributed by atoms with van der Waals surface area (Å²) < 4.78 is 10.2. The molecule has 3 atom stereocenters. The van der Waals surface area contributed by atoms with Crippen LogP contribution in [0.4, 0.5) is 0 Å². The van der Waals surface area contributed by atoms with Crippen molar-refractivity contribution in [1.82, 2.24) is 10.2 Å². The normalized spacial score (nSPS) is 18.0. The molecule has 1 unspecified atom stereocenters. The molecule has 1 aliphatic heterocycles. The lowest BCUT2D eigenvalue weighted by molar-refractivity contribution is -0.146. The van der Waals surface area contributed by atoms with Crippen LogP contribution in [0.3, 0.4) is 0 Å². The molecule has 1 saturated heterocycles. The average Bonchev–Trinajstić information content (AvgIpc) is 3.19. The quantitative estimate of drug-likeness (QED) is 0.556. The minimum Gasteiger partial charge on any atom is -0.466 e. The summed E-state index contributed by atoms with van der Waals surface area (Å²) in [5.41, 5.74) is 1.13. The summed E-state index contributed by atoms with van der Waals surface area (Å²) in [6.07, 6.45) is 3.09. The molecule has 7 heteroatoms. The summed E-state index contributed by atoms with van der Waals surface area (Å²) in [4.78, 5) is 39.1. The van der Waals surface area contributed by atoms with E-state index in [9.17, 15) is 14.4 Å². The van der Waals surface area contributed by atoms with Crippen LogP contribution in [0.2, 0.25) is 0 Å². The fraction of sp³-hybridized carbons (Fsp3) is 0.609. The van der Waals surface area contributed by atoms with Crippen LogP contribution >= 0.6 is 0 Å². The molecule has 1 aromatic carbocycles. The Hall–Kier alpha value is -2.41. The molecule has 1 aromatic rings. The van der Waals surface area contributed by atoms with E-state index in [2.05, 4.69) is 5.32 Å². The molecule has 0 radical (unpaired) electrons. The molecule has 166 valence electrons. The highest BCUT2D eigenvalue weighted by Gasteiger charge is 2.34. The predicted octanol–water partition coefficient (Wildman–Crippen LogP) is 2.47. The van der Waals surface area contributed by atoms with Crippen molar-refractivity contribution in [2.45, 2.75) is 71.0 Å². The van der Waals surface area contributed by atoms with Gasteiger partial charge in [-0.1, -0.05) is 30.3 Å². The Morgan fingerprint density at radius 2 is 1.83 bits per heavy atom. The fourth-order valence-electron chi connectivity index (χ4n) is 3.84. The first kappa shape index (κ1) is 23.9. The fourth-order valence-corrected chi connectivity index (χ4v) is 3.84. The van der Waals surface area contributed by atoms with Gasteiger partial charge in [-0.25, -0.2) is 0 Å². The number of carbonyl (C=O) groups excluding carboxylic acids is 3. The van der Waals surface area contributed by atoms with Gasteiger partial charge < -0.3 is 14.4 Å².